The molecule has 3 aromatic rings. The molecule has 172 valence electrons. The molecule has 2 aromatic carbocycles. The van der Waals surface area contributed by atoms with Crippen LogP contribution in [0.5, 0.6) is 5.75 Å². The van der Waals surface area contributed by atoms with E-state index in [2.05, 4.69) is 10.0 Å². The van der Waals surface area contributed by atoms with Gasteiger partial charge in [0.1, 0.15) is 11.8 Å². The SMILES string of the molecule is COc1ccc(C)cc1NC(=O)[C@@H](CCSC)NS(=O)(=O)c1ccc2c(c1)oc(=O)n2C. The van der Waals surface area contributed by atoms with Crippen LogP contribution in [0.3, 0.4) is 0 Å². The molecule has 0 unspecified atom stereocenters. The summed E-state index contributed by atoms with van der Waals surface area (Å²) in [5, 5.41) is 2.76. The highest BCUT2D eigenvalue weighted by atomic mass is 32.2. The molecule has 0 aliphatic rings. The highest BCUT2D eigenvalue weighted by Crippen LogP contribution is 2.26. The van der Waals surface area contributed by atoms with Gasteiger partial charge in [-0.3, -0.25) is 9.36 Å². The molecule has 32 heavy (non-hydrogen) atoms. The van der Waals surface area contributed by atoms with Crippen LogP contribution in [0.2, 0.25) is 0 Å². The van der Waals surface area contributed by atoms with Crippen molar-refractivity contribution in [3.05, 3.63) is 52.5 Å². The van der Waals surface area contributed by atoms with Crippen LogP contribution in [0, 0.1) is 6.92 Å². The lowest BCUT2D eigenvalue weighted by atomic mass is 10.2. The summed E-state index contributed by atoms with van der Waals surface area (Å²) in [6, 6.07) is 8.44. The number of rotatable bonds is 9. The Hall–Kier alpha value is -2.76. The van der Waals surface area contributed by atoms with Crippen molar-refractivity contribution < 1.29 is 22.4 Å². The van der Waals surface area contributed by atoms with E-state index in [1.54, 1.807) is 12.1 Å². The fourth-order valence-corrected chi connectivity index (χ4v) is 4.87. The largest absolute Gasteiger partial charge is 0.495 e. The molecule has 1 aromatic heterocycles. The first-order valence-corrected chi connectivity index (χ1v) is 12.6. The number of hydrogen-bond donors (Lipinski definition) is 2. The Kier molecular flexibility index (Phi) is 7.32. The van der Waals surface area contributed by atoms with Crippen LogP contribution in [-0.4, -0.2) is 44.1 Å². The van der Waals surface area contributed by atoms with Crippen LogP contribution in [0.25, 0.3) is 11.1 Å². The van der Waals surface area contributed by atoms with Gasteiger partial charge in [0, 0.05) is 13.1 Å². The third-order valence-corrected chi connectivity index (χ3v) is 7.02. The Labute approximate surface area is 190 Å². The van der Waals surface area contributed by atoms with E-state index in [4.69, 9.17) is 9.15 Å². The number of carbonyl (C=O) groups is 1. The average Bonchev–Trinajstić information content (AvgIpc) is 3.04. The van der Waals surface area contributed by atoms with Crippen LogP contribution >= 0.6 is 11.8 Å². The van der Waals surface area contributed by atoms with E-state index < -0.39 is 27.7 Å². The lowest BCUT2D eigenvalue weighted by Gasteiger charge is -2.19. The number of oxazole rings is 1. The van der Waals surface area contributed by atoms with Crippen molar-refractivity contribution in [1.82, 2.24) is 9.29 Å². The zero-order chi connectivity index (χ0) is 23.5. The Morgan fingerprint density at radius 1 is 1.25 bits per heavy atom. The number of carbonyl (C=O) groups excluding carboxylic acids is 1. The zero-order valence-corrected chi connectivity index (χ0v) is 19.8. The molecule has 0 fully saturated rings. The number of thioether (sulfide) groups is 1. The van der Waals surface area contributed by atoms with Crippen molar-refractivity contribution in [2.75, 3.05) is 24.4 Å². The monoisotopic (exact) mass is 479 g/mol. The third kappa shape index (κ3) is 5.17. The number of nitrogens with zero attached hydrogens (tertiary/aromatic N) is 1. The van der Waals surface area contributed by atoms with Crippen LogP contribution < -0.4 is 20.5 Å². The van der Waals surface area contributed by atoms with Crippen molar-refractivity contribution in [1.29, 1.82) is 0 Å². The maximum atomic E-state index is 13.0. The van der Waals surface area contributed by atoms with Crippen molar-refractivity contribution >= 4 is 44.5 Å². The van der Waals surface area contributed by atoms with Crippen LogP contribution in [0.4, 0.5) is 5.69 Å². The first kappa shape index (κ1) is 23.9. The number of hydrogen-bond acceptors (Lipinski definition) is 7. The third-order valence-electron chi connectivity index (χ3n) is 4.91. The van der Waals surface area contributed by atoms with Gasteiger partial charge in [-0.15, -0.1) is 0 Å². The van der Waals surface area contributed by atoms with E-state index in [9.17, 15) is 18.0 Å². The lowest BCUT2D eigenvalue weighted by molar-refractivity contribution is -0.117. The Balaban J connectivity index is 1.88. The topological polar surface area (TPSA) is 120 Å². The smallest absolute Gasteiger partial charge is 0.419 e. The minimum Gasteiger partial charge on any atom is -0.495 e. The summed E-state index contributed by atoms with van der Waals surface area (Å²) in [6.45, 7) is 1.88. The van der Waals surface area contributed by atoms with E-state index >= 15 is 0 Å². The molecule has 9 nitrogen and oxygen atoms in total. The zero-order valence-electron chi connectivity index (χ0n) is 18.2. The summed E-state index contributed by atoms with van der Waals surface area (Å²) in [7, 11) is -1.05. The molecule has 11 heteroatoms. The van der Waals surface area contributed by atoms with Gasteiger partial charge in [-0.1, -0.05) is 6.07 Å². The summed E-state index contributed by atoms with van der Waals surface area (Å²) in [5.74, 6) is -0.0521. The minimum atomic E-state index is -4.07. The van der Waals surface area contributed by atoms with E-state index in [1.165, 1.54) is 48.7 Å². The Morgan fingerprint density at radius 3 is 2.69 bits per heavy atom. The number of amides is 1. The predicted octanol–water partition coefficient (Wildman–Crippen LogP) is 2.49. The number of anilines is 1. The van der Waals surface area contributed by atoms with Gasteiger partial charge in [0.25, 0.3) is 0 Å². The van der Waals surface area contributed by atoms with Gasteiger partial charge < -0.3 is 14.5 Å². The van der Waals surface area contributed by atoms with E-state index in [0.717, 1.165) is 5.56 Å². The highest BCUT2D eigenvalue weighted by Gasteiger charge is 2.27. The van der Waals surface area contributed by atoms with Crippen molar-refractivity contribution in [3.63, 3.8) is 0 Å². The summed E-state index contributed by atoms with van der Waals surface area (Å²) in [4.78, 5) is 24.6. The molecule has 0 aliphatic heterocycles. The first-order valence-electron chi connectivity index (χ1n) is 9.72. The Morgan fingerprint density at radius 2 is 2.00 bits per heavy atom. The summed E-state index contributed by atoms with van der Waals surface area (Å²) < 4.78 is 40.2. The summed E-state index contributed by atoms with van der Waals surface area (Å²) >= 11 is 1.50. The number of fused-ring (bicyclic) bond motifs is 1. The van der Waals surface area contributed by atoms with Gasteiger partial charge in [-0.05, 0) is 55.2 Å². The van der Waals surface area contributed by atoms with Crippen LogP contribution in [0.15, 0.2) is 50.5 Å². The van der Waals surface area contributed by atoms with Gasteiger partial charge in [-0.2, -0.15) is 16.5 Å². The van der Waals surface area contributed by atoms with Crippen molar-refractivity contribution in [2.45, 2.75) is 24.3 Å². The predicted molar refractivity (Wildman–Crippen MR) is 125 cm³/mol. The molecular formula is C21H25N3O6S2. The molecule has 1 amide bonds. The van der Waals surface area contributed by atoms with Gasteiger partial charge in [0.05, 0.1) is 23.2 Å². The summed E-state index contributed by atoms with van der Waals surface area (Å²) in [5.41, 5.74) is 1.99. The second-order valence-corrected chi connectivity index (χ2v) is 9.90. The van der Waals surface area contributed by atoms with Gasteiger partial charge in [0.15, 0.2) is 5.58 Å². The number of methoxy groups -OCH3 is 1. The van der Waals surface area contributed by atoms with Gasteiger partial charge in [0.2, 0.25) is 15.9 Å². The van der Waals surface area contributed by atoms with Gasteiger partial charge in [-0.25, -0.2) is 13.2 Å². The second-order valence-electron chi connectivity index (χ2n) is 7.20. The summed E-state index contributed by atoms with van der Waals surface area (Å²) in [6.07, 6.45) is 2.15. The molecule has 0 spiro atoms. The molecular weight excluding hydrogens is 454 g/mol. The first-order chi connectivity index (χ1) is 15.2. The van der Waals surface area contributed by atoms with Crippen LogP contribution in [-0.2, 0) is 21.9 Å². The number of aryl methyl sites for hydroxylation is 2. The maximum absolute atomic E-state index is 13.0. The van der Waals surface area contributed by atoms with E-state index in [0.29, 0.717) is 22.7 Å². The Bertz CT molecular complexity index is 1300. The molecule has 2 N–H and O–H groups in total. The average molecular weight is 480 g/mol. The molecule has 0 bridgehead atoms. The van der Waals surface area contributed by atoms with Crippen molar-refractivity contribution in [2.24, 2.45) is 7.05 Å². The lowest BCUT2D eigenvalue weighted by Crippen LogP contribution is -2.44. The van der Waals surface area contributed by atoms with Gasteiger partial charge >= 0.3 is 5.76 Å². The second kappa shape index (κ2) is 9.80. The molecule has 1 heterocycles. The van der Waals surface area contributed by atoms with E-state index in [-0.39, 0.29) is 16.9 Å². The number of sulfonamides is 1. The quantitative estimate of drug-likeness (QED) is 0.484. The van der Waals surface area contributed by atoms with E-state index in [1.807, 2.05) is 19.2 Å². The molecule has 0 saturated heterocycles. The van der Waals surface area contributed by atoms with Crippen LogP contribution in [0.1, 0.15) is 12.0 Å². The number of ether oxygens (including phenoxy) is 1. The number of benzene rings is 2. The molecule has 0 radical (unpaired) electrons. The number of aromatic nitrogens is 1. The van der Waals surface area contributed by atoms with Crippen molar-refractivity contribution in [3.8, 4) is 5.75 Å². The number of nitrogens with one attached hydrogen (secondary N) is 2. The molecule has 3 rings (SSSR count). The molecule has 0 saturated carbocycles. The molecule has 1 atom stereocenters. The normalized spacial score (nSPS) is 12.6. The molecule has 0 aliphatic carbocycles. The minimum absolute atomic E-state index is 0.102. The standard InChI is InChI=1S/C21H25N3O6S2/c1-13-5-8-18(29-3)16(11-13)22-20(25)15(9-10-31-4)23-32(27,28)14-6-7-17-19(12-14)30-21(26)24(17)2/h5-8,11-12,15,23H,9-10H2,1-4H3,(H,22,25)/t15-/m1/s1. The fraction of sp³-hybridized carbons (Fsp3) is 0.333. The highest BCUT2D eigenvalue weighted by molar-refractivity contribution is 7.98. The fourth-order valence-electron chi connectivity index (χ4n) is 3.16. The maximum Gasteiger partial charge on any atom is 0.419 e.